The first-order valence-corrected chi connectivity index (χ1v) is 11.2. The van der Waals surface area contributed by atoms with Crippen LogP contribution in [-0.4, -0.2) is 47.0 Å². The maximum atomic E-state index is 11.6. The van der Waals surface area contributed by atoms with Crippen molar-refractivity contribution in [3.63, 3.8) is 0 Å². The molecule has 3 rings (SSSR count). The summed E-state index contributed by atoms with van der Waals surface area (Å²) in [5.74, 6) is 3.07. The minimum Gasteiger partial charge on any atom is -0.493 e. The lowest BCUT2D eigenvalue weighted by Gasteiger charge is -2.08. The molecule has 1 aromatic carbocycles. The van der Waals surface area contributed by atoms with Crippen molar-refractivity contribution in [1.82, 2.24) is 14.8 Å². The van der Waals surface area contributed by atoms with E-state index in [2.05, 4.69) is 10.2 Å². The molecule has 0 spiro atoms. The Labute approximate surface area is 156 Å². The minimum absolute atomic E-state index is 0.152. The monoisotopic (exact) mass is 401 g/mol. The summed E-state index contributed by atoms with van der Waals surface area (Å²) in [6.45, 7) is 0.551. The van der Waals surface area contributed by atoms with Gasteiger partial charge in [0.25, 0.3) is 0 Å². The van der Waals surface area contributed by atoms with Crippen LogP contribution in [0.5, 0.6) is 5.75 Å². The van der Waals surface area contributed by atoms with Gasteiger partial charge in [-0.1, -0.05) is 23.4 Å². The van der Waals surface area contributed by atoms with E-state index in [1.165, 1.54) is 0 Å². The van der Waals surface area contributed by atoms with Crippen molar-refractivity contribution in [3.05, 3.63) is 35.1 Å². The molecule has 6 nitrogen and oxygen atoms in total. The summed E-state index contributed by atoms with van der Waals surface area (Å²) in [6.07, 6.45) is 1.37. The van der Waals surface area contributed by atoms with E-state index in [-0.39, 0.29) is 11.7 Å². The van der Waals surface area contributed by atoms with Gasteiger partial charge in [-0.05, 0) is 36.6 Å². The highest BCUT2D eigenvalue weighted by Gasteiger charge is 2.29. The van der Waals surface area contributed by atoms with E-state index in [0.29, 0.717) is 30.2 Å². The van der Waals surface area contributed by atoms with Crippen molar-refractivity contribution < 1.29 is 13.2 Å². The fraction of sp³-hybridized carbons (Fsp3) is 0.500. The van der Waals surface area contributed by atoms with Crippen LogP contribution in [0.2, 0.25) is 5.02 Å². The zero-order chi connectivity index (χ0) is 17.9. The van der Waals surface area contributed by atoms with Crippen molar-refractivity contribution in [3.8, 4) is 5.75 Å². The highest BCUT2D eigenvalue weighted by molar-refractivity contribution is 7.99. The van der Waals surface area contributed by atoms with E-state index in [4.69, 9.17) is 16.3 Å². The summed E-state index contributed by atoms with van der Waals surface area (Å²) in [4.78, 5) is 0. The maximum absolute atomic E-state index is 11.6. The van der Waals surface area contributed by atoms with E-state index in [1.54, 1.807) is 23.9 Å². The fourth-order valence-corrected chi connectivity index (χ4v) is 5.50. The second-order valence-corrected chi connectivity index (χ2v) is 9.81. The Morgan fingerprint density at radius 2 is 2.08 bits per heavy atom. The standard InChI is InChI=1S/C16H20ClN3O3S2/c1-20-15(10-12-6-9-25(21,22)11-12)18-19-16(20)24-8-7-23-14-4-2-13(17)3-5-14/h2-5,12H,6-11H2,1H3. The lowest BCUT2D eigenvalue weighted by atomic mass is 10.1. The second kappa shape index (κ2) is 7.97. The van der Waals surface area contributed by atoms with Crippen LogP contribution in [0.15, 0.2) is 29.4 Å². The van der Waals surface area contributed by atoms with Crippen LogP contribution in [0.4, 0.5) is 0 Å². The molecule has 1 atom stereocenters. The van der Waals surface area contributed by atoms with Crippen LogP contribution < -0.4 is 4.74 Å². The molecule has 0 aliphatic carbocycles. The number of hydrogen-bond acceptors (Lipinski definition) is 6. The first-order valence-electron chi connectivity index (χ1n) is 8.03. The minimum atomic E-state index is -2.86. The van der Waals surface area contributed by atoms with E-state index >= 15 is 0 Å². The highest BCUT2D eigenvalue weighted by Crippen LogP contribution is 2.24. The van der Waals surface area contributed by atoms with Crippen molar-refractivity contribution in [2.24, 2.45) is 13.0 Å². The smallest absolute Gasteiger partial charge is 0.191 e. The van der Waals surface area contributed by atoms with Gasteiger partial charge in [0.2, 0.25) is 0 Å². The first kappa shape index (κ1) is 18.5. The molecule has 1 fully saturated rings. The van der Waals surface area contributed by atoms with Gasteiger partial charge in [0, 0.05) is 24.2 Å². The lowest BCUT2D eigenvalue weighted by Crippen LogP contribution is -2.11. The van der Waals surface area contributed by atoms with Crippen molar-refractivity contribution in [2.45, 2.75) is 18.0 Å². The molecule has 1 unspecified atom stereocenters. The molecule has 136 valence electrons. The number of ether oxygens (including phenoxy) is 1. The van der Waals surface area contributed by atoms with Crippen molar-refractivity contribution >= 4 is 33.2 Å². The van der Waals surface area contributed by atoms with Crippen LogP contribution in [-0.2, 0) is 23.3 Å². The molecule has 0 amide bonds. The Kier molecular flexibility index (Phi) is 5.91. The van der Waals surface area contributed by atoms with Crippen LogP contribution in [0.25, 0.3) is 0 Å². The van der Waals surface area contributed by atoms with Gasteiger partial charge >= 0.3 is 0 Å². The molecule has 0 radical (unpaired) electrons. The van der Waals surface area contributed by atoms with Crippen LogP contribution in [0.1, 0.15) is 12.2 Å². The molecular formula is C16H20ClN3O3S2. The molecular weight excluding hydrogens is 382 g/mol. The van der Waals surface area contributed by atoms with Gasteiger partial charge < -0.3 is 9.30 Å². The van der Waals surface area contributed by atoms with Crippen LogP contribution in [0.3, 0.4) is 0 Å². The number of hydrogen-bond donors (Lipinski definition) is 0. The predicted octanol–water partition coefficient (Wildman–Crippen LogP) is 2.62. The molecule has 2 heterocycles. The summed E-state index contributed by atoms with van der Waals surface area (Å²) in [6, 6.07) is 7.26. The molecule has 1 aromatic heterocycles. The van der Waals surface area contributed by atoms with Crippen molar-refractivity contribution in [2.75, 3.05) is 23.9 Å². The summed E-state index contributed by atoms with van der Waals surface area (Å²) in [5, 5.41) is 9.92. The average Bonchev–Trinajstić information content (AvgIpc) is 3.09. The van der Waals surface area contributed by atoms with E-state index < -0.39 is 9.84 Å². The Morgan fingerprint density at radius 1 is 1.32 bits per heavy atom. The van der Waals surface area contributed by atoms with Gasteiger partial charge in [-0.25, -0.2) is 8.42 Å². The zero-order valence-corrected chi connectivity index (χ0v) is 16.3. The Hall–Kier alpha value is -1.25. The third-order valence-electron chi connectivity index (χ3n) is 4.12. The quantitative estimate of drug-likeness (QED) is 0.524. The topological polar surface area (TPSA) is 74.1 Å². The maximum Gasteiger partial charge on any atom is 0.191 e. The van der Waals surface area contributed by atoms with Crippen LogP contribution >= 0.6 is 23.4 Å². The molecule has 25 heavy (non-hydrogen) atoms. The van der Waals surface area contributed by atoms with Gasteiger partial charge in [-0.3, -0.25) is 0 Å². The van der Waals surface area contributed by atoms with Gasteiger partial charge in [-0.15, -0.1) is 10.2 Å². The lowest BCUT2D eigenvalue weighted by molar-refractivity contribution is 0.344. The summed E-state index contributed by atoms with van der Waals surface area (Å²) in [7, 11) is -0.938. The number of thioether (sulfide) groups is 1. The molecule has 1 saturated heterocycles. The van der Waals surface area contributed by atoms with Gasteiger partial charge in [0.05, 0.1) is 18.1 Å². The van der Waals surface area contributed by atoms with Crippen LogP contribution in [0, 0.1) is 5.92 Å². The predicted molar refractivity (Wildman–Crippen MR) is 99.1 cm³/mol. The summed E-state index contributed by atoms with van der Waals surface area (Å²) < 4.78 is 30.7. The second-order valence-electron chi connectivity index (χ2n) is 6.08. The van der Waals surface area contributed by atoms with Gasteiger partial charge in [0.15, 0.2) is 15.0 Å². The SMILES string of the molecule is Cn1c(CC2CCS(=O)(=O)C2)nnc1SCCOc1ccc(Cl)cc1. The summed E-state index contributed by atoms with van der Waals surface area (Å²) >= 11 is 7.41. The van der Waals surface area contributed by atoms with E-state index in [0.717, 1.165) is 22.5 Å². The van der Waals surface area contributed by atoms with E-state index in [9.17, 15) is 8.42 Å². The zero-order valence-electron chi connectivity index (χ0n) is 13.9. The molecule has 0 N–H and O–H groups in total. The number of sulfone groups is 1. The molecule has 2 aromatic rings. The third-order valence-corrected chi connectivity index (χ3v) is 7.19. The Bertz CT molecular complexity index is 822. The fourth-order valence-electron chi connectivity index (χ4n) is 2.76. The Balaban J connectivity index is 1.47. The third kappa shape index (κ3) is 5.12. The number of aromatic nitrogens is 3. The van der Waals surface area contributed by atoms with Crippen molar-refractivity contribution in [1.29, 1.82) is 0 Å². The normalized spacial score (nSPS) is 19.2. The number of halogens is 1. The first-order chi connectivity index (χ1) is 11.9. The average molecular weight is 402 g/mol. The van der Waals surface area contributed by atoms with Gasteiger partial charge in [-0.2, -0.15) is 0 Å². The Morgan fingerprint density at radius 3 is 2.76 bits per heavy atom. The largest absolute Gasteiger partial charge is 0.493 e. The number of nitrogens with zero attached hydrogens (tertiary/aromatic N) is 3. The summed E-state index contributed by atoms with van der Waals surface area (Å²) in [5.41, 5.74) is 0. The highest BCUT2D eigenvalue weighted by atomic mass is 35.5. The molecule has 0 saturated carbocycles. The number of rotatable bonds is 7. The molecule has 0 bridgehead atoms. The van der Waals surface area contributed by atoms with E-state index in [1.807, 2.05) is 23.7 Å². The molecule has 1 aliphatic heterocycles. The number of benzene rings is 1. The molecule has 9 heteroatoms. The molecule has 1 aliphatic rings. The van der Waals surface area contributed by atoms with Gasteiger partial charge in [0.1, 0.15) is 11.6 Å².